The van der Waals surface area contributed by atoms with Gasteiger partial charge in [0, 0.05) is 30.6 Å². The highest BCUT2D eigenvalue weighted by molar-refractivity contribution is 8.00. The van der Waals surface area contributed by atoms with E-state index in [-0.39, 0.29) is 0 Å². The monoisotopic (exact) mass is 306 g/mol. The first-order chi connectivity index (χ1) is 10.3. The second-order valence-corrected chi connectivity index (χ2v) is 7.36. The Morgan fingerprint density at radius 3 is 2.62 bits per heavy atom. The van der Waals surface area contributed by atoms with Gasteiger partial charge < -0.3 is 5.32 Å². The number of nitrogens with zero attached hydrogens (tertiary/aromatic N) is 1. The van der Waals surface area contributed by atoms with Gasteiger partial charge in [-0.1, -0.05) is 38.1 Å². The molecule has 2 nitrogen and oxygen atoms in total. The second kappa shape index (κ2) is 9.50. The van der Waals surface area contributed by atoms with Gasteiger partial charge in [0.05, 0.1) is 0 Å². The van der Waals surface area contributed by atoms with E-state index in [4.69, 9.17) is 0 Å². The number of thioether (sulfide) groups is 1. The van der Waals surface area contributed by atoms with Crippen molar-refractivity contribution in [2.75, 3.05) is 31.9 Å². The molecule has 1 atom stereocenters. The average Bonchev–Trinajstić information content (AvgIpc) is 2.53. The summed E-state index contributed by atoms with van der Waals surface area (Å²) in [5, 5.41) is 4.30. The lowest BCUT2D eigenvalue weighted by atomic mass is 10.1. The number of nitrogens with one attached hydrogen (secondary N) is 1. The minimum Gasteiger partial charge on any atom is -0.316 e. The van der Waals surface area contributed by atoms with Gasteiger partial charge in [0.25, 0.3) is 0 Å². The third kappa shape index (κ3) is 6.01. The van der Waals surface area contributed by atoms with E-state index in [0.717, 1.165) is 31.3 Å². The van der Waals surface area contributed by atoms with Gasteiger partial charge in [-0.15, -0.1) is 0 Å². The zero-order valence-corrected chi connectivity index (χ0v) is 14.4. The highest BCUT2D eigenvalue weighted by Gasteiger charge is 2.18. The zero-order valence-electron chi connectivity index (χ0n) is 13.6. The van der Waals surface area contributed by atoms with E-state index >= 15 is 0 Å². The Morgan fingerprint density at radius 2 is 1.90 bits per heavy atom. The van der Waals surface area contributed by atoms with Gasteiger partial charge in [-0.3, -0.25) is 4.90 Å². The quantitative estimate of drug-likeness (QED) is 0.739. The van der Waals surface area contributed by atoms with Gasteiger partial charge in [-0.25, -0.2) is 0 Å². The van der Waals surface area contributed by atoms with Crippen molar-refractivity contribution in [1.82, 2.24) is 10.2 Å². The fraction of sp³-hybridized carbons (Fsp3) is 0.667. The van der Waals surface area contributed by atoms with Crippen LogP contribution in [-0.2, 0) is 13.0 Å². The molecule has 1 aromatic carbocycles. The molecule has 1 aromatic rings. The van der Waals surface area contributed by atoms with Gasteiger partial charge in [0.1, 0.15) is 0 Å². The number of hydrogen-bond acceptors (Lipinski definition) is 3. The molecule has 3 heteroatoms. The van der Waals surface area contributed by atoms with Gasteiger partial charge in [-0.2, -0.15) is 11.8 Å². The van der Waals surface area contributed by atoms with E-state index in [1.54, 1.807) is 0 Å². The van der Waals surface area contributed by atoms with E-state index < -0.39 is 0 Å². The van der Waals surface area contributed by atoms with E-state index in [1.807, 2.05) is 0 Å². The molecule has 0 saturated carbocycles. The van der Waals surface area contributed by atoms with E-state index in [2.05, 4.69) is 60.1 Å². The van der Waals surface area contributed by atoms with Crippen LogP contribution in [0.2, 0.25) is 0 Å². The summed E-state index contributed by atoms with van der Waals surface area (Å²) in [6.07, 6.45) is 3.65. The molecule has 0 spiro atoms. The molecule has 0 amide bonds. The van der Waals surface area contributed by atoms with Gasteiger partial charge in [-0.05, 0) is 43.5 Å². The van der Waals surface area contributed by atoms with E-state index in [0.29, 0.717) is 0 Å². The first-order valence-corrected chi connectivity index (χ1v) is 9.49. The van der Waals surface area contributed by atoms with Crippen molar-refractivity contribution in [2.24, 2.45) is 0 Å². The number of rotatable bonds is 8. The Kier molecular flexibility index (Phi) is 7.62. The molecule has 2 rings (SSSR count). The van der Waals surface area contributed by atoms with Crippen LogP contribution in [0.1, 0.15) is 37.8 Å². The van der Waals surface area contributed by atoms with Crippen LogP contribution in [0.5, 0.6) is 0 Å². The maximum absolute atomic E-state index is 3.46. The first kappa shape index (κ1) is 16.9. The molecule has 1 aliphatic heterocycles. The summed E-state index contributed by atoms with van der Waals surface area (Å²) in [6, 6.07) is 9.24. The maximum Gasteiger partial charge on any atom is 0.0234 e. The van der Waals surface area contributed by atoms with Gasteiger partial charge in [0.2, 0.25) is 0 Å². The van der Waals surface area contributed by atoms with Crippen LogP contribution >= 0.6 is 11.8 Å². The van der Waals surface area contributed by atoms with E-state index in [1.165, 1.54) is 42.8 Å². The molecular formula is C18H30N2S. The molecule has 1 fully saturated rings. The van der Waals surface area contributed by atoms with Crippen molar-refractivity contribution in [3.63, 3.8) is 0 Å². The fourth-order valence-corrected chi connectivity index (χ4v) is 4.02. The number of hydrogen-bond donors (Lipinski definition) is 1. The lowest BCUT2D eigenvalue weighted by Gasteiger charge is -2.31. The van der Waals surface area contributed by atoms with Crippen LogP contribution in [-0.4, -0.2) is 42.1 Å². The summed E-state index contributed by atoms with van der Waals surface area (Å²) in [5.74, 6) is 1.29. The molecule has 1 aliphatic rings. The maximum atomic E-state index is 3.46. The summed E-state index contributed by atoms with van der Waals surface area (Å²) in [4.78, 5) is 2.61. The minimum atomic E-state index is 0.836. The molecule has 0 radical (unpaired) electrons. The SMILES string of the molecule is CCCNCCc1ccc(CN2CCSC(CC)C2)cc1. The summed E-state index contributed by atoms with van der Waals surface area (Å²) in [5.41, 5.74) is 2.91. The molecule has 1 saturated heterocycles. The predicted octanol–water partition coefficient (Wildman–Crippen LogP) is 3.56. The molecule has 21 heavy (non-hydrogen) atoms. The van der Waals surface area contributed by atoms with Crippen LogP contribution in [0.15, 0.2) is 24.3 Å². The van der Waals surface area contributed by atoms with Crippen molar-refractivity contribution in [3.05, 3.63) is 35.4 Å². The Morgan fingerprint density at radius 1 is 1.14 bits per heavy atom. The Bertz CT molecular complexity index is 391. The second-order valence-electron chi connectivity index (χ2n) is 5.95. The largest absolute Gasteiger partial charge is 0.316 e. The summed E-state index contributed by atoms with van der Waals surface area (Å²) in [6.45, 7) is 10.4. The Labute approximate surface area is 134 Å². The Hall–Kier alpha value is -0.510. The molecule has 0 aromatic heterocycles. The molecule has 1 N–H and O–H groups in total. The minimum absolute atomic E-state index is 0.836. The lowest BCUT2D eigenvalue weighted by molar-refractivity contribution is 0.273. The van der Waals surface area contributed by atoms with Crippen LogP contribution in [0.3, 0.4) is 0 Å². The third-order valence-corrected chi connectivity index (χ3v) is 5.50. The average molecular weight is 307 g/mol. The van der Waals surface area contributed by atoms with Crippen LogP contribution in [0.4, 0.5) is 0 Å². The molecule has 0 bridgehead atoms. The standard InChI is InChI=1S/C18H30N2S/c1-3-10-19-11-9-16-5-7-17(8-6-16)14-20-12-13-21-18(4-2)15-20/h5-8,18-19H,3-4,9-15H2,1-2H3. The van der Waals surface area contributed by atoms with Crippen molar-refractivity contribution in [2.45, 2.75) is 44.9 Å². The van der Waals surface area contributed by atoms with Gasteiger partial charge >= 0.3 is 0 Å². The van der Waals surface area contributed by atoms with Crippen molar-refractivity contribution >= 4 is 11.8 Å². The van der Waals surface area contributed by atoms with Crippen molar-refractivity contribution < 1.29 is 0 Å². The summed E-state index contributed by atoms with van der Waals surface area (Å²) >= 11 is 2.14. The van der Waals surface area contributed by atoms with Crippen LogP contribution < -0.4 is 5.32 Å². The van der Waals surface area contributed by atoms with Crippen molar-refractivity contribution in [1.29, 1.82) is 0 Å². The van der Waals surface area contributed by atoms with Gasteiger partial charge in [0.15, 0.2) is 0 Å². The first-order valence-electron chi connectivity index (χ1n) is 8.44. The van der Waals surface area contributed by atoms with Crippen LogP contribution in [0, 0.1) is 0 Å². The molecule has 0 aliphatic carbocycles. The zero-order chi connectivity index (χ0) is 14.9. The normalized spacial score (nSPS) is 19.8. The number of benzene rings is 1. The summed E-state index contributed by atoms with van der Waals surface area (Å²) < 4.78 is 0. The highest BCUT2D eigenvalue weighted by atomic mass is 32.2. The molecular weight excluding hydrogens is 276 g/mol. The van der Waals surface area contributed by atoms with E-state index in [9.17, 15) is 0 Å². The van der Waals surface area contributed by atoms with Crippen molar-refractivity contribution in [3.8, 4) is 0 Å². The predicted molar refractivity (Wildman–Crippen MR) is 95.1 cm³/mol. The third-order valence-electron chi connectivity index (χ3n) is 4.12. The lowest BCUT2D eigenvalue weighted by Crippen LogP contribution is -2.36. The smallest absolute Gasteiger partial charge is 0.0234 e. The highest BCUT2D eigenvalue weighted by Crippen LogP contribution is 2.22. The van der Waals surface area contributed by atoms with Crippen LogP contribution in [0.25, 0.3) is 0 Å². The molecule has 118 valence electrons. The molecule has 1 heterocycles. The summed E-state index contributed by atoms with van der Waals surface area (Å²) in [7, 11) is 0. The topological polar surface area (TPSA) is 15.3 Å². The Balaban J connectivity index is 1.76. The fourth-order valence-electron chi connectivity index (χ4n) is 2.78. The molecule has 1 unspecified atom stereocenters.